The number of nitrogens with zero attached hydrogens (tertiary/aromatic N) is 1. The van der Waals surface area contributed by atoms with E-state index in [-0.39, 0.29) is 5.75 Å². The maximum atomic E-state index is 9.60. The molecule has 2 aromatic rings. The molecule has 0 spiro atoms. The number of methoxy groups -OCH3 is 1. The Balaban J connectivity index is 1.95. The van der Waals surface area contributed by atoms with Crippen molar-refractivity contribution in [3.05, 3.63) is 54.1 Å². The molecule has 0 bridgehead atoms. The number of benzene rings is 2. The van der Waals surface area contributed by atoms with Gasteiger partial charge in [-0.3, -0.25) is 5.43 Å². The molecular weight excluding hydrogens is 286 g/mol. The van der Waals surface area contributed by atoms with Gasteiger partial charge in [-0.15, -0.1) is 0 Å². The van der Waals surface area contributed by atoms with E-state index in [1.54, 1.807) is 25.3 Å². The van der Waals surface area contributed by atoms with Crippen LogP contribution in [0.3, 0.4) is 0 Å². The first-order chi connectivity index (χ1) is 10.2. The van der Waals surface area contributed by atoms with E-state index in [4.69, 9.17) is 17.0 Å². The first kappa shape index (κ1) is 14.8. The van der Waals surface area contributed by atoms with Crippen LogP contribution in [0, 0.1) is 0 Å². The van der Waals surface area contributed by atoms with Gasteiger partial charge in [0.1, 0.15) is 11.5 Å². The van der Waals surface area contributed by atoms with Crippen LogP contribution in [0.2, 0.25) is 0 Å². The molecule has 0 fully saturated rings. The summed E-state index contributed by atoms with van der Waals surface area (Å²) >= 11 is 5.14. The third-order valence-corrected chi connectivity index (χ3v) is 2.86. The molecule has 0 atom stereocenters. The van der Waals surface area contributed by atoms with Crippen molar-refractivity contribution < 1.29 is 9.84 Å². The second-order valence-corrected chi connectivity index (χ2v) is 4.49. The third kappa shape index (κ3) is 4.19. The van der Waals surface area contributed by atoms with Crippen molar-refractivity contribution in [1.29, 1.82) is 0 Å². The van der Waals surface area contributed by atoms with Gasteiger partial charge in [-0.2, -0.15) is 5.10 Å². The molecule has 2 aromatic carbocycles. The van der Waals surface area contributed by atoms with E-state index in [0.29, 0.717) is 16.4 Å². The van der Waals surface area contributed by atoms with Crippen LogP contribution >= 0.6 is 12.2 Å². The number of ether oxygens (including phenoxy) is 1. The first-order valence-electron chi connectivity index (χ1n) is 6.22. The Morgan fingerprint density at radius 3 is 2.67 bits per heavy atom. The molecule has 108 valence electrons. The lowest BCUT2D eigenvalue weighted by Crippen LogP contribution is -2.24. The topological polar surface area (TPSA) is 65.9 Å². The molecule has 6 heteroatoms. The van der Waals surface area contributed by atoms with Crippen molar-refractivity contribution in [1.82, 2.24) is 5.43 Å². The van der Waals surface area contributed by atoms with Crippen molar-refractivity contribution in [2.45, 2.75) is 0 Å². The lowest BCUT2D eigenvalue weighted by molar-refractivity contribution is 0.417. The zero-order valence-corrected chi connectivity index (χ0v) is 12.2. The van der Waals surface area contributed by atoms with Crippen molar-refractivity contribution in [3.8, 4) is 11.5 Å². The van der Waals surface area contributed by atoms with Gasteiger partial charge in [-0.1, -0.05) is 24.3 Å². The molecule has 0 unspecified atom stereocenters. The number of phenols is 1. The fourth-order valence-corrected chi connectivity index (χ4v) is 1.82. The van der Waals surface area contributed by atoms with Gasteiger partial charge in [-0.25, -0.2) is 0 Å². The fraction of sp³-hybridized carbons (Fsp3) is 0.0667. The monoisotopic (exact) mass is 301 g/mol. The second kappa shape index (κ2) is 7.25. The lowest BCUT2D eigenvalue weighted by atomic mass is 10.2. The highest BCUT2D eigenvalue weighted by Crippen LogP contribution is 2.22. The normalized spacial score (nSPS) is 10.3. The van der Waals surface area contributed by atoms with E-state index in [9.17, 15) is 5.11 Å². The number of thiocarbonyl (C=S) groups is 1. The Labute approximate surface area is 128 Å². The van der Waals surface area contributed by atoms with Gasteiger partial charge < -0.3 is 15.2 Å². The largest absolute Gasteiger partial charge is 0.507 e. The Hall–Kier alpha value is -2.60. The van der Waals surface area contributed by atoms with Crippen molar-refractivity contribution >= 4 is 29.2 Å². The van der Waals surface area contributed by atoms with Crippen LogP contribution in [0.5, 0.6) is 11.5 Å². The zero-order valence-electron chi connectivity index (χ0n) is 11.4. The molecule has 0 aliphatic rings. The highest BCUT2D eigenvalue weighted by atomic mass is 32.1. The van der Waals surface area contributed by atoms with Gasteiger partial charge in [0, 0.05) is 5.56 Å². The molecular formula is C15H15N3O2S. The Morgan fingerprint density at radius 1 is 1.19 bits per heavy atom. The predicted molar refractivity (Wildman–Crippen MR) is 88.1 cm³/mol. The van der Waals surface area contributed by atoms with Crippen LogP contribution < -0.4 is 15.5 Å². The standard InChI is InChI=1S/C15H15N3O2S/c1-20-14-9-5-3-7-12(14)17-15(21)18-16-10-11-6-2-4-8-13(11)19/h2-10,19H,1H3,(H2,17,18,21)/b16-10-. The summed E-state index contributed by atoms with van der Waals surface area (Å²) in [4.78, 5) is 0. The van der Waals surface area contributed by atoms with Crippen LogP contribution in [0.15, 0.2) is 53.6 Å². The Kier molecular flexibility index (Phi) is 5.11. The van der Waals surface area contributed by atoms with Gasteiger partial charge in [0.25, 0.3) is 0 Å². The van der Waals surface area contributed by atoms with Gasteiger partial charge in [0.2, 0.25) is 0 Å². The number of anilines is 1. The molecule has 0 aliphatic carbocycles. The molecule has 0 saturated heterocycles. The number of nitrogens with one attached hydrogen (secondary N) is 2. The number of hydrogen-bond acceptors (Lipinski definition) is 4. The summed E-state index contributed by atoms with van der Waals surface area (Å²) < 4.78 is 5.21. The zero-order chi connectivity index (χ0) is 15.1. The van der Waals surface area contributed by atoms with Crippen LogP contribution in [-0.4, -0.2) is 23.5 Å². The van der Waals surface area contributed by atoms with Crippen LogP contribution in [0.4, 0.5) is 5.69 Å². The minimum Gasteiger partial charge on any atom is -0.507 e. The summed E-state index contributed by atoms with van der Waals surface area (Å²) in [5.74, 6) is 0.845. The number of rotatable bonds is 4. The summed E-state index contributed by atoms with van der Waals surface area (Å²) in [6.45, 7) is 0. The highest BCUT2D eigenvalue weighted by Gasteiger charge is 2.02. The number of para-hydroxylation sites is 3. The first-order valence-corrected chi connectivity index (χ1v) is 6.62. The van der Waals surface area contributed by atoms with Crippen LogP contribution in [0.1, 0.15) is 5.56 Å². The van der Waals surface area contributed by atoms with Crippen molar-refractivity contribution in [2.75, 3.05) is 12.4 Å². The van der Waals surface area contributed by atoms with Gasteiger partial charge in [-0.05, 0) is 36.5 Å². The van der Waals surface area contributed by atoms with E-state index >= 15 is 0 Å². The predicted octanol–water partition coefficient (Wildman–Crippen LogP) is 2.72. The molecule has 3 N–H and O–H groups in total. The Morgan fingerprint density at radius 2 is 1.90 bits per heavy atom. The molecule has 5 nitrogen and oxygen atoms in total. The average molecular weight is 301 g/mol. The molecule has 0 saturated carbocycles. The Bertz CT molecular complexity index is 659. The van der Waals surface area contributed by atoms with Gasteiger partial charge >= 0.3 is 0 Å². The smallest absolute Gasteiger partial charge is 0.191 e. The number of hydrazone groups is 1. The van der Waals surface area contributed by atoms with Crippen molar-refractivity contribution in [2.24, 2.45) is 5.10 Å². The number of phenolic OH excluding ortho intramolecular Hbond substituents is 1. The molecule has 2 rings (SSSR count). The number of hydrogen-bond donors (Lipinski definition) is 3. The van der Waals surface area contributed by atoms with E-state index in [1.165, 1.54) is 6.21 Å². The maximum absolute atomic E-state index is 9.60. The SMILES string of the molecule is COc1ccccc1NC(=S)N/N=C\c1ccccc1O. The van der Waals surface area contributed by atoms with E-state index in [1.807, 2.05) is 30.3 Å². The highest BCUT2D eigenvalue weighted by molar-refractivity contribution is 7.80. The maximum Gasteiger partial charge on any atom is 0.191 e. The van der Waals surface area contributed by atoms with Crippen molar-refractivity contribution in [3.63, 3.8) is 0 Å². The average Bonchev–Trinajstić information content (AvgIpc) is 2.50. The van der Waals surface area contributed by atoms with E-state index in [2.05, 4.69) is 15.8 Å². The molecule has 0 heterocycles. The summed E-state index contributed by atoms with van der Waals surface area (Å²) in [6, 6.07) is 14.3. The summed E-state index contributed by atoms with van der Waals surface area (Å²) in [5.41, 5.74) is 4.03. The van der Waals surface area contributed by atoms with Crippen LogP contribution in [-0.2, 0) is 0 Å². The summed E-state index contributed by atoms with van der Waals surface area (Å²) in [6.07, 6.45) is 1.49. The number of aromatic hydroxyl groups is 1. The molecule has 0 radical (unpaired) electrons. The molecule has 21 heavy (non-hydrogen) atoms. The lowest BCUT2D eigenvalue weighted by Gasteiger charge is -2.10. The quantitative estimate of drug-likeness (QED) is 0.460. The van der Waals surface area contributed by atoms with Gasteiger partial charge in [0.05, 0.1) is 19.0 Å². The van der Waals surface area contributed by atoms with Gasteiger partial charge in [0.15, 0.2) is 5.11 Å². The summed E-state index contributed by atoms with van der Waals surface area (Å²) in [7, 11) is 1.59. The van der Waals surface area contributed by atoms with Crippen LogP contribution in [0.25, 0.3) is 0 Å². The molecule has 0 aliphatic heterocycles. The molecule has 0 aromatic heterocycles. The second-order valence-electron chi connectivity index (χ2n) is 4.08. The third-order valence-electron chi connectivity index (χ3n) is 2.66. The van der Waals surface area contributed by atoms with E-state index in [0.717, 1.165) is 5.69 Å². The van der Waals surface area contributed by atoms with E-state index < -0.39 is 0 Å². The minimum atomic E-state index is 0.159. The minimum absolute atomic E-state index is 0.159. The summed E-state index contributed by atoms with van der Waals surface area (Å²) in [5, 5.41) is 16.9. The molecule has 0 amide bonds. The fourth-order valence-electron chi connectivity index (χ4n) is 1.66.